The second-order valence-electron chi connectivity index (χ2n) is 5.34. The molecule has 8 heteroatoms. The van der Waals surface area contributed by atoms with Crippen molar-refractivity contribution in [1.82, 2.24) is 10.6 Å². The van der Waals surface area contributed by atoms with Gasteiger partial charge in [-0.15, -0.1) is 0 Å². The van der Waals surface area contributed by atoms with E-state index in [2.05, 4.69) is 10.6 Å². The Bertz CT molecular complexity index is 772. The third kappa shape index (κ3) is 4.90. The van der Waals surface area contributed by atoms with Crippen molar-refractivity contribution < 1.29 is 24.2 Å². The first-order valence-electron chi connectivity index (χ1n) is 7.34. The summed E-state index contributed by atoms with van der Waals surface area (Å²) in [6.07, 6.45) is -0.738. The molecule has 1 amide bonds. The van der Waals surface area contributed by atoms with E-state index in [-0.39, 0.29) is 5.92 Å². The Kier molecular flexibility index (Phi) is 6.05. The number of aliphatic hydroxyl groups is 1. The molecule has 2 heterocycles. The number of aliphatic hydroxyl groups excluding tert-OH is 1. The fraction of sp³-hybridized carbons (Fsp3) is 0.312. The van der Waals surface area contributed by atoms with Crippen molar-refractivity contribution >= 4 is 23.3 Å². The summed E-state index contributed by atoms with van der Waals surface area (Å²) in [6.45, 7) is 1.57. The van der Waals surface area contributed by atoms with Crippen LogP contribution in [0, 0.1) is 5.92 Å². The largest absolute Gasteiger partial charge is 0.465 e. The monoisotopic (exact) mass is 334 g/mol. The number of hydrogen-bond donors (Lipinski definition) is 4. The van der Waals surface area contributed by atoms with E-state index in [4.69, 9.17) is 9.52 Å². The van der Waals surface area contributed by atoms with Crippen LogP contribution < -0.4 is 16.3 Å². The highest BCUT2D eigenvalue weighted by atomic mass is 16.4. The summed E-state index contributed by atoms with van der Waals surface area (Å²) in [7, 11) is 0. The fourth-order valence-electron chi connectivity index (χ4n) is 2.30. The number of amides is 1. The van der Waals surface area contributed by atoms with Gasteiger partial charge in [-0.2, -0.15) is 0 Å². The highest BCUT2D eigenvalue weighted by molar-refractivity contribution is 5.85. The topological polar surface area (TPSA) is 129 Å². The first-order valence-corrected chi connectivity index (χ1v) is 7.34. The minimum absolute atomic E-state index is 0.0195. The molecule has 0 spiro atoms. The zero-order valence-corrected chi connectivity index (χ0v) is 12.8. The van der Waals surface area contributed by atoms with Gasteiger partial charge in [0.2, 0.25) is 0 Å². The Morgan fingerprint density at radius 1 is 1.33 bits per heavy atom. The van der Waals surface area contributed by atoms with Gasteiger partial charge in [-0.3, -0.25) is 4.79 Å². The van der Waals surface area contributed by atoms with Crippen LogP contribution in [-0.4, -0.2) is 48.3 Å². The molecule has 1 aromatic heterocycles. The maximum atomic E-state index is 10.8. The summed E-state index contributed by atoms with van der Waals surface area (Å²) in [5.74, 6) is 0.0195. The van der Waals surface area contributed by atoms with E-state index >= 15 is 0 Å². The predicted octanol–water partition coefficient (Wildman–Crippen LogP) is 0.440. The number of nitrogens with one attached hydrogen (secondary N) is 2. The van der Waals surface area contributed by atoms with Crippen molar-refractivity contribution in [1.29, 1.82) is 0 Å². The molecular weight excluding hydrogens is 316 g/mol. The van der Waals surface area contributed by atoms with E-state index in [0.29, 0.717) is 37.1 Å². The van der Waals surface area contributed by atoms with Gasteiger partial charge in [0.05, 0.1) is 6.10 Å². The van der Waals surface area contributed by atoms with Crippen molar-refractivity contribution in [3.8, 4) is 0 Å². The number of hydrogen-bond acceptors (Lipinski definition) is 6. The van der Waals surface area contributed by atoms with Gasteiger partial charge < -0.3 is 25.3 Å². The van der Waals surface area contributed by atoms with Gasteiger partial charge in [0.1, 0.15) is 11.9 Å². The van der Waals surface area contributed by atoms with E-state index in [1.165, 1.54) is 6.07 Å². The summed E-state index contributed by atoms with van der Waals surface area (Å²) >= 11 is 0. The van der Waals surface area contributed by atoms with Gasteiger partial charge in [0, 0.05) is 42.6 Å². The molecule has 0 aliphatic carbocycles. The van der Waals surface area contributed by atoms with Crippen LogP contribution in [0.4, 0.5) is 4.79 Å². The lowest BCUT2D eigenvalue weighted by Crippen LogP contribution is -2.33. The number of fused-ring (bicyclic) bond motifs is 1. The minimum atomic E-state index is -1.04. The molecule has 0 bridgehead atoms. The standard InChI is InChI=1S/C10H6O3.C6H12N2O3/c11-6-7-1-2-8-3-4-10(12)13-9(8)5-7;9-5-3-7-1-4(5)2-8-6(10)11/h1-6H;4-5,7-9H,1-3H2,(H,10,11)/t;4-,5-/m.1/s1. The summed E-state index contributed by atoms with van der Waals surface area (Å²) in [4.78, 5) is 31.3. The maximum absolute atomic E-state index is 10.8. The molecule has 0 saturated carbocycles. The normalized spacial score (nSPS) is 19.4. The average molecular weight is 334 g/mol. The number of β-amino-alcohol motifs (C(OH)–C–C–N with tert-alkyl or cyclic N) is 1. The smallest absolute Gasteiger partial charge is 0.404 e. The van der Waals surface area contributed by atoms with Crippen LogP contribution >= 0.6 is 0 Å². The van der Waals surface area contributed by atoms with Crippen LogP contribution in [0.1, 0.15) is 10.4 Å². The van der Waals surface area contributed by atoms with Crippen LogP contribution in [0.5, 0.6) is 0 Å². The molecular formula is C16H18N2O6. The first-order chi connectivity index (χ1) is 11.5. The molecule has 0 unspecified atom stereocenters. The highest BCUT2D eigenvalue weighted by Crippen LogP contribution is 2.12. The Labute approximate surface area is 137 Å². The predicted molar refractivity (Wildman–Crippen MR) is 86.3 cm³/mol. The Balaban J connectivity index is 0.000000177. The molecule has 8 nitrogen and oxygen atoms in total. The van der Waals surface area contributed by atoms with Gasteiger partial charge in [0.25, 0.3) is 0 Å². The third-order valence-electron chi connectivity index (χ3n) is 3.60. The Morgan fingerprint density at radius 3 is 2.71 bits per heavy atom. The van der Waals surface area contributed by atoms with Crippen molar-refractivity contribution in [3.63, 3.8) is 0 Å². The molecule has 24 heavy (non-hydrogen) atoms. The van der Waals surface area contributed by atoms with Crippen molar-refractivity contribution in [2.24, 2.45) is 5.92 Å². The maximum Gasteiger partial charge on any atom is 0.404 e. The molecule has 1 aliphatic rings. The van der Waals surface area contributed by atoms with Crippen LogP contribution in [0.2, 0.25) is 0 Å². The number of rotatable bonds is 3. The SMILES string of the molecule is O=C(O)NC[C@H]1CNC[C@H]1O.O=Cc1ccc2ccc(=O)oc2c1. The second-order valence-corrected chi connectivity index (χ2v) is 5.34. The van der Waals surface area contributed by atoms with Crippen LogP contribution in [0.25, 0.3) is 11.0 Å². The fourth-order valence-corrected chi connectivity index (χ4v) is 2.30. The lowest BCUT2D eigenvalue weighted by molar-refractivity contribution is 0.112. The van der Waals surface area contributed by atoms with Gasteiger partial charge in [0.15, 0.2) is 0 Å². The van der Waals surface area contributed by atoms with Gasteiger partial charge in [-0.05, 0) is 12.1 Å². The molecule has 3 rings (SSSR count). The quantitative estimate of drug-likeness (QED) is 0.473. The number of benzene rings is 1. The lowest BCUT2D eigenvalue weighted by atomic mass is 10.1. The van der Waals surface area contributed by atoms with E-state index in [1.807, 2.05) is 0 Å². The van der Waals surface area contributed by atoms with E-state index in [1.54, 1.807) is 24.3 Å². The van der Waals surface area contributed by atoms with Crippen molar-refractivity contribution in [3.05, 3.63) is 46.3 Å². The molecule has 1 aliphatic heterocycles. The van der Waals surface area contributed by atoms with Crippen LogP contribution in [0.15, 0.2) is 39.5 Å². The molecule has 1 saturated heterocycles. The number of carbonyl (C=O) groups excluding carboxylic acids is 1. The summed E-state index contributed by atoms with van der Waals surface area (Å²) in [5, 5.41) is 23.5. The highest BCUT2D eigenvalue weighted by Gasteiger charge is 2.24. The first kappa shape index (κ1) is 17.6. The zero-order chi connectivity index (χ0) is 17.5. The summed E-state index contributed by atoms with van der Waals surface area (Å²) in [5.41, 5.74) is 0.537. The van der Waals surface area contributed by atoms with Gasteiger partial charge >= 0.3 is 11.7 Å². The second kappa shape index (κ2) is 8.23. The number of carbonyl (C=O) groups is 2. The molecule has 128 valence electrons. The molecule has 1 fully saturated rings. The average Bonchev–Trinajstić information content (AvgIpc) is 2.98. The molecule has 2 atom stereocenters. The zero-order valence-electron chi connectivity index (χ0n) is 12.8. The minimum Gasteiger partial charge on any atom is -0.465 e. The molecule has 0 radical (unpaired) electrons. The van der Waals surface area contributed by atoms with E-state index in [9.17, 15) is 19.5 Å². The van der Waals surface area contributed by atoms with Crippen LogP contribution in [-0.2, 0) is 0 Å². The van der Waals surface area contributed by atoms with E-state index < -0.39 is 17.8 Å². The lowest BCUT2D eigenvalue weighted by Gasteiger charge is -2.11. The van der Waals surface area contributed by atoms with Gasteiger partial charge in [-0.1, -0.05) is 12.1 Å². The van der Waals surface area contributed by atoms with E-state index in [0.717, 1.165) is 5.39 Å². The summed E-state index contributed by atoms with van der Waals surface area (Å²) < 4.78 is 4.89. The molecule has 4 N–H and O–H groups in total. The number of aldehydes is 1. The Hall–Kier alpha value is -2.71. The van der Waals surface area contributed by atoms with Crippen LogP contribution in [0.3, 0.4) is 0 Å². The third-order valence-corrected chi connectivity index (χ3v) is 3.60. The number of carboxylic acid groups (broad SMARTS) is 1. The van der Waals surface area contributed by atoms with Gasteiger partial charge in [-0.25, -0.2) is 9.59 Å². The Morgan fingerprint density at radius 2 is 2.08 bits per heavy atom. The van der Waals surface area contributed by atoms with Crippen molar-refractivity contribution in [2.75, 3.05) is 19.6 Å². The molecule has 2 aromatic rings. The molecule has 1 aromatic carbocycles. The summed E-state index contributed by atoms with van der Waals surface area (Å²) in [6, 6.07) is 7.97. The van der Waals surface area contributed by atoms with Crippen molar-refractivity contribution in [2.45, 2.75) is 6.10 Å².